The van der Waals surface area contributed by atoms with Crippen LogP contribution in [0.15, 0.2) is 48.5 Å². The molecule has 3 N–H and O–H groups in total. The van der Waals surface area contributed by atoms with Crippen LogP contribution in [0.5, 0.6) is 11.5 Å². The number of hydrogen-bond donors (Lipinski definition) is 3. The van der Waals surface area contributed by atoms with E-state index >= 15 is 0 Å². The lowest BCUT2D eigenvalue weighted by molar-refractivity contribution is -0.118. The summed E-state index contributed by atoms with van der Waals surface area (Å²) in [7, 11) is 3.39. The molecule has 2 aromatic carbocycles. The van der Waals surface area contributed by atoms with Gasteiger partial charge < -0.3 is 25.4 Å². The summed E-state index contributed by atoms with van der Waals surface area (Å²) in [5.41, 5.74) is 1.21. The van der Waals surface area contributed by atoms with Gasteiger partial charge in [-0.1, -0.05) is 18.2 Å². The molecule has 0 saturated heterocycles. The SMILES string of the molecule is CNCCCC(=O)Nc1cccc(NC(=O)COc2ccccc2OC)c1.Cl. The van der Waals surface area contributed by atoms with E-state index in [2.05, 4.69) is 16.0 Å². The molecular formula is C20H26ClN3O4. The monoisotopic (exact) mass is 407 g/mol. The van der Waals surface area contributed by atoms with Crippen LogP contribution in [0.2, 0.25) is 0 Å². The fraction of sp³-hybridized carbons (Fsp3) is 0.300. The number of carbonyl (C=O) groups is 2. The van der Waals surface area contributed by atoms with E-state index in [9.17, 15) is 9.59 Å². The minimum atomic E-state index is -0.307. The molecule has 2 aromatic rings. The summed E-state index contributed by atoms with van der Waals surface area (Å²) in [5.74, 6) is 0.692. The van der Waals surface area contributed by atoms with Gasteiger partial charge in [0.05, 0.1) is 7.11 Å². The molecule has 0 aliphatic rings. The minimum absolute atomic E-state index is 0. The van der Waals surface area contributed by atoms with Gasteiger partial charge in [-0.2, -0.15) is 0 Å². The molecule has 0 aliphatic heterocycles. The zero-order valence-electron chi connectivity index (χ0n) is 16.0. The Hall–Kier alpha value is -2.77. The van der Waals surface area contributed by atoms with Crippen LogP contribution in [-0.4, -0.2) is 39.1 Å². The summed E-state index contributed by atoms with van der Waals surface area (Å²) < 4.78 is 10.7. The van der Waals surface area contributed by atoms with Crippen molar-refractivity contribution in [2.24, 2.45) is 0 Å². The minimum Gasteiger partial charge on any atom is -0.493 e. The number of carbonyl (C=O) groups excluding carboxylic acids is 2. The Labute approximate surface area is 171 Å². The highest BCUT2D eigenvalue weighted by molar-refractivity contribution is 5.94. The summed E-state index contributed by atoms with van der Waals surface area (Å²) in [4.78, 5) is 24.0. The molecule has 0 atom stereocenters. The van der Waals surface area contributed by atoms with E-state index in [1.165, 1.54) is 0 Å². The average Bonchev–Trinajstić information content (AvgIpc) is 2.67. The summed E-state index contributed by atoms with van der Waals surface area (Å²) >= 11 is 0. The van der Waals surface area contributed by atoms with Gasteiger partial charge >= 0.3 is 0 Å². The van der Waals surface area contributed by atoms with Crippen LogP contribution in [0.25, 0.3) is 0 Å². The predicted molar refractivity (Wildman–Crippen MR) is 113 cm³/mol. The van der Waals surface area contributed by atoms with E-state index in [1.54, 1.807) is 49.6 Å². The molecule has 8 heteroatoms. The number of rotatable bonds is 10. The van der Waals surface area contributed by atoms with Crippen molar-refractivity contribution in [3.8, 4) is 11.5 Å². The Morgan fingerprint density at radius 1 is 0.929 bits per heavy atom. The molecule has 0 heterocycles. The third-order valence-electron chi connectivity index (χ3n) is 3.69. The van der Waals surface area contributed by atoms with Crippen molar-refractivity contribution in [3.05, 3.63) is 48.5 Å². The summed E-state index contributed by atoms with van der Waals surface area (Å²) in [5, 5.41) is 8.57. The molecular weight excluding hydrogens is 382 g/mol. The number of anilines is 2. The number of benzene rings is 2. The molecule has 0 fully saturated rings. The zero-order chi connectivity index (χ0) is 19.5. The van der Waals surface area contributed by atoms with Gasteiger partial charge in [0.1, 0.15) is 0 Å². The third kappa shape index (κ3) is 7.85. The van der Waals surface area contributed by atoms with Gasteiger partial charge in [0.15, 0.2) is 18.1 Å². The summed E-state index contributed by atoms with van der Waals surface area (Å²) in [6.45, 7) is 0.636. The van der Waals surface area contributed by atoms with E-state index in [0.29, 0.717) is 29.3 Å². The molecule has 0 unspecified atom stereocenters. The molecule has 0 radical (unpaired) electrons. The highest BCUT2D eigenvalue weighted by atomic mass is 35.5. The molecule has 152 valence electrons. The number of nitrogens with one attached hydrogen (secondary N) is 3. The van der Waals surface area contributed by atoms with Crippen LogP contribution in [0.4, 0.5) is 11.4 Å². The van der Waals surface area contributed by atoms with Crippen LogP contribution in [0, 0.1) is 0 Å². The van der Waals surface area contributed by atoms with Crippen LogP contribution >= 0.6 is 12.4 Å². The first kappa shape index (κ1) is 23.3. The molecule has 2 rings (SSSR count). The van der Waals surface area contributed by atoms with Gasteiger partial charge in [-0.25, -0.2) is 0 Å². The number of methoxy groups -OCH3 is 1. The maximum atomic E-state index is 12.1. The molecule has 28 heavy (non-hydrogen) atoms. The van der Waals surface area contributed by atoms with Crippen molar-refractivity contribution in [1.82, 2.24) is 5.32 Å². The van der Waals surface area contributed by atoms with Crippen LogP contribution < -0.4 is 25.4 Å². The van der Waals surface area contributed by atoms with Gasteiger partial charge in [-0.15, -0.1) is 12.4 Å². The third-order valence-corrected chi connectivity index (χ3v) is 3.69. The Kier molecular flexibility index (Phi) is 10.5. The van der Waals surface area contributed by atoms with Crippen LogP contribution in [-0.2, 0) is 9.59 Å². The van der Waals surface area contributed by atoms with Crippen molar-refractivity contribution in [2.45, 2.75) is 12.8 Å². The van der Waals surface area contributed by atoms with E-state index in [0.717, 1.165) is 13.0 Å². The average molecular weight is 408 g/mol. The lowest BCUT2D eigenvalue weighted by Gasteiger charge is -2.11. The first-order valence-electron chi connectivity index (χ1n) is 8.72. The topological polar surface area (TPSA) is 88.7 Å². The smallest absolute Gasteiger partial charge is 0.262 e. The van der Waals surface area contributed by atoms with Crippen molar-refractivity contribution in [2.75, 3.05) is 37.9 Å². The number of amides is 2. The molecule has 0 aliphatic carbocycles. The lowest BCUT2D eigenvalue weighted by Crippen LogP contribution is -2.20. The molecule has 7 nitrogen and oxygen atoms in total. The Balaban J connectivity index is 0.00000392. The second-order valence-corrected chi connectivity index (χ2v) is 5.82. The van der Waals surface area contributed by atoms with Gasteiger partial charge in [-0.05, 0) is 50.3 Å². The van der Waals surface area contributed by atoms with E-state index < -0.39 is 0 Å². The van der Waals surface area contributed by atoms with Gasteiger partial charge in [-0.3, -0.25) is 9.59 Å². The predicted octanol–water partition coefficient (Wildman–Crippen LogP) is 3.07. The van der Waals surface area contributed by atoms with E-state index in [4.69, 9.17) is 9.47 Å². The van der Waals surface area contributed by atoms with Crippen molar-refractivity contribution >= 4 is 35.6 Å². The first-order chi connectivity index (χ1) is 13.1. The zero-order valence-corrected chi connectivity index (χ0v) is 16.8. The van der Waals surface area contributed by atoms with E-state index in [1.807, 2.05) is 13.1 Å². The second-order valence-electron chi connectivity index (χ2n) is 5.82. The maximum absolute atomic E-state index is 12.1. The van der Waals surface area contributed by atoms with E-state index in [-0.39, 0.29) is 30.8 Å². The fourth-order valence-corrected chi connectivity index (χ4v) is 2.40. The lowest BCUT2D eigenvalue weighted by atomic mass is 10.2. The van der Waals surface area contributed by atoms with Crippen LogP contribution in [0.1, 0.15) is 12.8 Å². The number of hydrogen-bond acceptors (Lipinski definition) is 5. The van der Waals surface area contributed by atoms with Crippen molar-refractivity contribution < 1.29 is 19.1 Å². The second kappa shape index (κ2) is 12.6. The largest absolute Gasteiger partial charge is 0.493 e. The van der Waals surface area contributed by atoms with Crippen molar-refractivity contribution in [3.63, 3.8) is 0 Å². The maximum Gasteiger partial charge on any atom is 0.262 e. The Bertz CT molecular complexity index is 771. The highest BCUT2D eigenvalue weighted by Gasteiger charge is 2.08. The number of halogens is 1. The molecule has 0 bridgehead atoms. The number of ether oxygens (including phenoxy) is 2. The number of para-hydroxylation sites is 2. The van der Waals surface area contributed by atoms with Gasteiger partial charge in [0.2, 0.25) is 5.91 Å². The first-order valence-corrected chi connectivity index (χ1v) is 8.72. The van der Waals surface area contributed by atoms with Gasteiger partial charge in [0.25, 0.3) is 5.91 Å². The van der Waals surface area contributed by atoms with Crippen LogP contribution in [0.3, 0.4) is 0 Å². The molecule has 0 spiro atoms. The summed E-state index contributed by atoms with van der Waals surface area (Å²) in [6.07, 6.45) is 1.20. The Morgan fingerprint density at radius 3 is 2.21 bits per heavy atom. The standard InChI is InChI=1S/C20H25N3O4.ClH/c1-21-12-6-11-19(24)22-15-7-5-8-16(13-15)23-20(25)14-27-18-10-4-3-9-17(18)26-2;/h3-5,7-10,13,21H,6,11-12,14H2,1-2H3,(H,22,24)(H,23,25);1H. The Morgan fingerprint density at radius 2 is 1.57 bits per heavy atom. The van der Waals surface area contributed by atoms with Crippen molar-refractivity contribution in [1.29, 1.82) is 0 Å². The molecule has 0 aromatic heterocycles. The summed E-state index contributed by atoms with van der Waals surface area (Å²) in [6, 6.07) is 14.1. The normalized spacial score (nSPS) is 9.79. The highest BCUT2D eigenvalue weighted by Crippen LogP contribution is 2.25. The fourth-order valence-electron chi connectivity index (χ4n) is 2.40. The molecule has 0 saturated carbocycles. The quantitative estimate of drug-likeness (QED) is 0.527. The van der Waals surface area contributed by atoms with Gasteiger partial charge in [0, 0.05) is 17.8 Å². The molecule has 2 amide bonds.